The molecule has 2 aliphatic heterocycles. The van der Waals surface area contributed by atoms with Crippen LogP contribution >= 0.6 is 0 Å². The number of Topliss-reactive ketones (excluding diaryl/α,β-unsaturated/α-hetero) is 1. The molecule has 1 unspecified atom stereocenters. The summed E-state index contributed by atoms with van der Waals surface area (Å²) in [5.41, 5.74) is -0.933. The Bertz CT molecular complexity index is 937. The van der Waals surface area contributed by atoms with Crippen LogP contribution in [0.2, 0.25) is 0 Å². The number of ketones is 1. The second kappa shape index (κ2) is 11.4. The van der Waals surface area contributed by atoms with E-state index in [4.69, 9.17) is 4.74 Å². The molecule has 0 spiro atoms. The first kappa shape index (κ1) is 27.9. The van der Waals surface area contributed by atoms with Gasteiger partial charge in [-0.05, 0) is 52.5 Å². The number of urea groups is 1. The Morgan fingerprint density at radius 2 is 2.00 bits per heavy atom. The Morgan fingerprint density at radius 1 is 1.32 bits per heavy atom. The minimum atomic E-state index is -4.79. The van der Waals surface area contributed by atoms with Gasteiger partial charge in [-0.3, -0.25) is 4.79 Å². The number of aliphatic imine (C=N–C) groups is 1. The molecule has 0 bridgehead atoms. The van der Waals surface area contributed by atoms with Gasteiger partial charge >= 0.3 is 12.1 Å². The van der Waals surface area contributed by atoms with Crippen LogP contribution in [0.25, 0.3) is 0 Å². The third-order valence-electron chi connectivity index (χ3n) is 5.26. The third kappa shape index (κ3) is 7.09. The van der Waals surface area contributed by atoms with Crippen molar-refractivity contribution in [2.75, 3.05) is 19.6 Å². The van der Waals surface area contributed by atoms with Gasteiger partial charge in [-0.15, -0.1) is 0 Å². The summed E-state index contributed by atoms with van der Waals surface area (Å²) in [4.78, 5) is 43.7. The van der Waals surface area contributed by atoms with Crippen LogP contribution in [0.4, 0.5) is 9.59 Å². The van der Waals surface area contributed by atoms with Crippen LogP contribution in [0.5, 0.6) is 0 Å². The molecule has 12 heteroatoms. The van der Waals surface area contributed by atoms with E-state index < -0.39 is 50.7 Å². The number of hydrogen-bond donors (Lipinski definition) is 2. The smallest absolute Gasteiger partial charge is 0.418 e. The number of rotatable bonds is 4. The molecule has 1 fully saturated rings. The highest BCUT2D eigenvalue weighted by atomic mass is 32.2. The lowest BCUT2D eigenvalue weighted by Crippen LogP contribution is -2.59. The lowest BCUT2D eigenvalue weighted by Gasteiger charge is -2.36. The van der Waals surface area contributed by atoms with Gasteiger partial charge in [-0.2, -0.15) is 8.42 Å². The van der Waals surface area contributed by atoms with Gasteiger partial charge in [0.2, 0.25) is 5.04 Å². The molecule has 2 heterocycles. The van der Waals surface area contributed by atoms with Crippen molar-refractivity contribution >= 4 is 33.0 Å². The molecule has 0 radical (unpaired) electrons. The van der Waals surface area contributed by atoms with Gasteiger partial charge in [0.25, 0.3) is 10.0 Å². The maximum absolute atomic E-state index is 13.8. The highest BCUT2D eigenvalue weighted by molar-refractivity contribution is 8.06. The van der Waals surface area contributed by atoms with Gasteiger partial charge in [-0.25, -0.2) is 23.8 Å². The topological polar surface area (TPSA) is 146 Å². The normalized spacial score (nSPS) is 21.6. The lowest BCUT2D eigenvalue weighted by atomic mass is 10.1. The molecule has 0 aromatic carbocycles. The molecular formula is C22H36N4O7S. The second-order valence-corrected chi connectivity index (χ2v) is 11.6. The number of hydrogen-bond acceptors (Lipinski definition) is 9. The second-order valence-electron chi connectivity index (χ2n) is 9.83. The molecule has 1 saturated heterocycles. The zero-order valence-electron chi connectivity index (χ0n) is 20.5. The van der Waals surface area contributed by atoms with E-state index in [1.54, 1.807) is 20.8 Å². The number of allylic oxidation sites excluding steroid dienone is 1. The number of aliphatic hydroxyl groups excluding tert-OH is 1. The lowest BCUT2D eigenvalue weighted by molar-refractivity contribution is -0.112. The van der Waals surface area contributed by atoms with Crippen LogP contribution in [0.3, 0.4) is 0 Å². The Kier molecular flexibility index (Phi) is 9.37. The number of imide groups is 1. The number of amides is 3. The number of ether oxygens (including phenoxy) is 1. The summed E-state index contributed by atoms with van der Waals surface area (Å²) in [6, 6.07) is -2.37. The molecule has 2 N–H and O–H groups in total. The first-order chi connectivity index (χ1) is 15.8. The average molecular weight is 501 g/mol. The molecular weight excluding hydrogens is 464 g/mol. The summed E-state index contributed by atoms with van der Waals surface area (Å²) in [5, 5.41) is 12.9. The van der Waals surface area contributed by atoms with Crippen molar-refractivity contribution in [3.63, 3.8) is 0 Å². The fourth-order valence-electron chi connectivity index (χ4n) is 3.54. The van der Waals surface area contributed by atoms with Crippen molar-refractivity contribution in [1.82, 2.24) is 14.5 Å². The standard InChI is InChI=1S/C22H36N4O7S/c1-15(2)10-13-25(21(30)33-22(3,4)5)20(29)26(16-8-6-11-23-14-18(16)28)34(31,32)19-17(27)9-7-12-24-19/h7,12,15-16,18,23,28H,6,8-11,13-14H2,1-5H3/t16?,18-/m0/s1. The molecule has 34 heavy (non-hydrogen) atoms. The maximum Gasteiger partial charge on any atom is 0.418 e. The van der Waals surface area contributed by atoms with E-state index >= 15 is 0 Å². The predicted octanol–water partition coefficient (Wildman–Crippen LogP) is 2.02. The largest absolute Gasteiger partial charge is 0.443 e. The minimum Gasteiger partial charge on any atom is -0.443 e. The highest BCUT2D eigenvalue weighted by Crippen LogP contribution is 2.24. The number of carbonyl (C=O) groups is 3. The molecule has 0 aliphatic carbocycles. The first-order valence-corrected chi connectivity index (χ1v) is 12.9. The van der Waals surface area contributed by atoms with E-state index in [0.29, 0.717) is 23.7 Å². The molecule has 0 saturated carbocycles. The van der Waals surface area contributed by atoms with E-state index in [2.05, 4.69) is 10.3 Å². The number of sulfonamides is 1. The van der Waals surface area contributed by atoms with Crippen LogP contribution < -0.4 is 5.32 Å². The number of carbonyl (C=O) groups excluding carboxylic acids is 3. The number of nitrogens with zero attached hydrogens (tertiary/aromatic N) is 3. The highest BCUT2D eigenvalue weighted by Gasteiger charge is 2.46. The zero-order valence-corrected chi connectivity index (χ0v) is 21.3. The molecule has 0 aromatic rings. The van der Waals surface area contributed by atoms with E-state index in [1.807, 2.05) is 13.8 Å². The number of β-amino-alcohol motifs (C(OH)–C–C–N with tert-alkyl or cyclic N) is 1. The van der Waals surface area contributed by atoms with E-state index in [9.17, 15) is 27.9 Å². The van der Waals surface area contributed by atoms with Crippen LogP contribution in [0.1, 0.15) is 60.3 Å². The zero-order chi connectivity index (χ0) is 25.7. The molecule has 11 nitrogen and oxygen atoms in total. The first-order valence-electron chi connectivity index (χ1n) is 11.5. The van der Waals surface area contributed by atoms with Gasteiger partial charge in [0.1, 0.15) is 5.60 Å². The van der Waals surface area contributed by atoms with E-state index in [1.165, 1.54) is 12.3 Å². The molecule has 2 rings (SSSR count). The summed E-state index contributed by atoms with van der Waals surface area (Å²) < 4.78 is 33.2. The Hall–Kier alpha value is -2.31. The van der Waals surface area contributed by atoms with Gasteiger partial charge in [0.15, 0.2) is 5.78 Å². The average Bonchev–Trinajstić information content (AvgIpc) is 2.91. The molecule has 0 aromatic heterocycles. The Morgan fingerprint density at radius 3 is 2.59 bits per heavy atom. The van der Waals surface area contributed by atoms with Crippen molar-refractivity contribution in [3.8, 4) is 0 Å². The predicted molar refractivity (Wildman–Crippen MR) is 127 cm³/mol. The van der Waals surface area contributed by atoms with Gasteiger partial charge in [0.05, 0.1) is 12.1 Å². The number of nitrogens with one attached hydrogen (secondary N) is 1. The SMILES string of the molecule is CC(C)CCN(C(=O)OC(C)(C)C)C(=O)N(C1CCCNC[C@@H]1O)S(=O)(=O)C1=NC=CCC1=O. The molecule has 2 aliphatic rings. The quantitative estimate of drug-likeness (QED) is 0.596. The third-order valence-corrected chi connectivity index (χ3v) is 7.02. The summed E-state index contributed by atoms with van der Waals surface area (Å²) in [7, 11) is -4.79. The van der Waals surface area contributed by atoms with Gasteiger partial charge in [-0.1, -0.05) is 19.9 Å². The summed E-state index contributed by atoms with van der Waals surface area (Å²) in [6.07, 6.45) is 1.18. The van der Waals surface area contributed by atoms with Gasteiger partial charge in [0, 0.05) is 25.7 Å². The molecule has 3 amide bonds. The monoisotopic (exact) mass is 500 g/mol. The summed E-state index contributed by atoms with van der Waals surface area (Å²) in [6.45, 7) is 9.15. The van der Waals surface area contributed by atoms with Crippen LogP contribution in [-0.2, 0) is 19.6 Å². The van der Waals surface area contributed by atoms with Crippen LogP contribution in [0, 0.1) is 5.92 Å². The fourth-order valence-corrected chi connectivity index (χ4v) is 5.20. The van der Waals surface area contributed by atoms with E-state index in [-0.39, 0.29) is 31.8 Å². The molecule has 2 atom stereocenters. The summed E-state index contributed by atoms with van der Waals surface area (Å²) >= 11 is 0. The fraction of sp³-hybridized carbons (Fsp3) is 0.727. The van der Waals surface area contributed by atoms with Crippen molar-refractivity contribution in [3.05, 3.63) is 12.3 Å². The van der Waals surface area contributed by atoms with E-state index in [0.717, 1.165) is 4.90 Å². The Balaban J connectivity index is 2.58. The Labute approximate surface area is 201 Å². The minimum absolute atomic E-state index is 0.0444. The van der Waals surface area contributed by atoms with Crippen molar-refractivity contribution < 1.29 is 32.6 Å². The van der Waals surface area contributed by atoms with Crippen molar-refractivity contribution in [2.45, 2.75) is 78.0 Å². The molecule has 192 valence electrons. The van der Waals surface area contributed by atoms with Crippen molar-refractivity contribution in [1.29, 1.82) is 0 Å². The van der Waals surface area contributed by atoms with Crippen LogP contribution in [-0.4, -0.2) is 83.1 Å². The van der Waals surface area contributed by atoms with Crippen molar-refractivity contribution in [2.24, 2.45) is 10.9 Å². The van der Waals surface area contributed by atoms with Gasteiger partial charge < -0.3 is 15.2 Å². The number of aliphatic hydroxyl groups is 1. The summed E-state index contributed by atoms with van der Waals surface area (Å²) in [5.74, 6) is -0.669. The maximum atomic E-state index is 13.8. The van der Waals surface area contributed by atoms with Crippen LogP contribution in [0.15, 0.2) is 17.3 Å².